The Hall–Kier alpha value is -2.74. The number of methoxy groups -OCH3 is 2. The minimum absolute atomic E-state index is 0.443. The highest BCUT2D eigenvalue weighted by molar-refractivity contribution is 5.80. The van der Waals surface area contributed by atoms with Crippen LogP contribution in [0.5, 0.6) is 11.5 Å². The Morgan fingerprint density at radius 1 is 1.17 bits per heavy atom. The molecule has 30 heavy (non-hydrogen) atoms. The van der Waals surface area contributed by atoms with Crippen LogP contribution in [0.2, 0.25) is 0 Å². The second-order valence-electron chi connectivity index (χ2n) is 7.36. The van der Waals surface area contributed by atoms with Crippen molar-refractivity contribution in [1.82, 2.24) is 20.1 Å². The molecule has 0 bridgehead atoms. The van der Waals surface area contributed by atoms with Gasteiger partial charge in [0.2, 0.25) is 5.89 Å². The molecule has 2 heterocycles. The second kappa shape index (κ2) is 10.3. The molecule has 2 aromatic rings. The SMILES string of the molecule is CCNC(=NCc1nc(C)c(C)o1)N1CCN(Cc2cc(OC)ccc2OC)CC1. The molecule has 0 atom stereocenters. The van der Waals surface area contributed by atoms with E-state index in [1.165, 1.54) is 0 Å². The summed E-state index contributed by atoms with van der Waals surface area (Å²) in [5.41, 5.74) is 2.06. The maximum Gasteiger partial charge on any atom is 0.216 e. The van der Waals surface area contributed by atoms with Crippen molar-refractivity contribution < 1.29 is 13.9 Å². The number of aryl methyl sites for hydroxylation is 2. The van der Waals surface area contributed by atoms with Crippen LogP contribution in [0.3, 0.4) is 0 Å². The number of nitrogens with zero attached hydrogens (tertiary/aromatic N) is 4. The second-order valence-corrected chi connectivity index (χ2v) is 7.36. The average Bonchev–Trinajstić information content (AvgIpc) is 3.09. The first-order valence-electron chi connectivity index (χ1n) is 10.4. The lowest BCUT2D eigenvalue weighted by Gasteiger charge is -2.36. The summed E-state index contributed by atoms with van der Waals surface area (Å²) in [5, 5.41) is 3.39. The van der Waals surface area contributed by atoms with Gasteiger partial charge in [0.25, 0.3) is 0 Å². The van der Waals surface area contributed by atoms with E-state index in [4.69, 9.17) is 18.9 Å². The number of aromatic nitrogens is 1. The zero-order chi connectivity index (χ0) is 21.5. The molecular weight excluding hydrogens is 382 g/mol. The number of hydrogen-bond acceptors (Lipinski definition) is 6. The standard InChI is InChI=1S/C22H33N5O3/c1-6-23-22(24-14-21-25-16(2)17(3)30-21)27-11-9-26(10-12-27)15-18-13-19(28-4)7-8-20(18)29-5/h7-8,13H,6,9-12,14-15H2,1-5H3,(H,23,24). The lowest BCUT2D eigenvalue weighted by Crippen LogP contribution is -2.52. The van der Waals surface area contributed by atoms with Crippen LogP contribution >= 0.6 is 0 Å². The number of benzene rings is 1. The van der Waals surface area contributed by atoms with E-state index in [1.807, 2.05) is 26.0 Å². The quantitative estimate of drug-likeness (QED) is 0.550. The predicted molar refractivity (Wildman–Crippen MR) is 117 cm³/mol. The number of nitrogens with one attached hydrogen (secondary N) is 1. The molecule has 1 aliphatic rings. The molecule has 3 rings (SSSR count). The fourth-order valence-electron chi connectivity index (χ4n) is 3.54. The van der Waals surface area contributed by atoms with E-state index in [2.05, 4.69) is 33.1 Å². The van der Waals surface area contributed by atoms with Crippen molar-refractivity contribution in [3.8, 4) is 11.5 Å². The summed E-state index contributed by atoms with van der Waals surface area (Å²) in [6.07, 6.45) is 0. The highest BCUT2D eigenvalue weighted by Crippen LogP contribution is 2.25. The summed E-state index contributed by atoms with van der Waals surface area (Å²) >= 11 is 0. The van der Waals surface area contributed by atoms with E-state index >= 15 is 0 Å². The maximum absolute atomic E-state index is 5.66. The molecule has 1 aliphatic heterocycles. The van der Waals surface area contributed by atoms with E-state index in [9.17, 15) is 0 Å². The third-order valence-electron chi connectivity index (χ3n) is 5.33. The lowest BCUT2D eigenvalue weighted by molar-refractivity contribution is 0.171. The Labute approximate surface area is 178 Å². The van der Waals surface area contributed by atoms with Crippen LogP contribution in [0.15, 0.2) is 27.6 Å². The monoisotopic (exact) mass is 415 g/mol. The fourth-order valence-corrected chi connectivity index (χ4v) is 3.54. The van der Waals surface area contributed by atoms with Gasteiger partial charge < -0.3 is 24.1 Å². The Morgan fingerprint density at radius 2 is 1.93 bits per heavy atom. The van der Waals surface area contributed by atoms with Gasteiger partial charge in [0.15, 0.2) is 5.96 Å². The molecule has 0 spiro atoms. The molecule has 1 aromatic heterocycles. The summed E-state index contributed by atoms with van der Waals surface area (Å²) in [6.45, 7) is 11.8. The van der Waals surface area contributed by atoms with Crippen molar-refractivity contribution in [3.05, 3.63) is 41.1 Å². The number of hydrogen-bond donors (Lipinski definition) is 1. The summed E-state index contributed by atoms with van der Waals surface area (Å²) in [4.78, 5) is 13.9. The normalized spacial score (nSPS) is 15.4. The number of oxazole rings is 1. The molecule has 0 radical (unpaired) electrons. The minimum atomic E-state index is 0.443. The summed E-state index contributed by atoms with van der Waals surface area (Å²) in [5.74, 6) is 4.16. The molecule has 0 amide bonds. The van der Waals surface area contributed by atoms with Gasteiger partial charge in [-0.15, -0.1) is 0 Å². The molecule has 1 aromatic carbocycles. The van der Waals surface area contributed by atoms with Gasteiger partial charge in [-0.2, -0.15) is 0 Å². The van der Waals surface area contributed by atoms with Gasteiger partial charge in [-0.1, -0.05) is 0 Å². The van der Waals surface area contributed by atoms with E-state index in [1.54, 1.807) is 14.2 Å². The van der Waals surface area contributed by atoms with Gasteiger partial charge >= 0.3 is 0 Å². The van der Waals surface area contributed by atoms with E-state index in [0.717, 1.165) is 73.7 Å². The summed E-state index contributed by atoms with van der Waals surface area (Å²) in [7, 11) is 3.39. The molecular formula is C22H33N5O3. The number of guanidine groups is 1. The van der Waals surface area contributed by atoms with Crippen LogP contribution in [-0.2, 0) is 13.1 Å². The molecule has 8 nitrogen and oxygen atoms in total. The van der Waals surface area contributed by atoms with Crippen molar-refractivity contribution in [3.63, 3.8) is 0 Å². The van der Waals surface area contributed by atoms with Crippen LogP contribution in [0.4, 0.5) is 0 Å². The third kappa shape index (κ3) is 5.44. The number of piperazine rings is 1. The summed E-state index contributed by atoms with van der Waals surface area (Å²) in [6, 6.07) is 5.94. The van der Waals surface area contributed by atoms with Gasteiger partial charge in [0.05, 0.1) is 19.9 Å². The van der Waals surface area contributed by atoms with Crippen molar-refractivity contribution in [2.45, 2.75) is 33.9 Å². The van der Waals surface area contributed by atoms with Crippen LogP contribution in [-0.4, -0.2) is 67.7 Å². The largest absolute Gasteiger partial charge is 0.497 e. The first kappa shape index (κ1) is 22.0. The Morgan fingerprint density at radius 3 is 2.53 bits per heavy atom. The first-order valence-corrected chi connectivity index (χ1v) is 10.4. The molecule has 1 fully saturated rings. The molecule has 1 saturated heterocycles. The Balaban J connectivity index is 1.60. The maximum atomic E-state index is 5.66. The van der Waals surface area contributed by atoms with Crippen LogP contribution in [0.25, 0.3) is 0 Å². The topological polar surface area (TPSA) is 75.4 Å². The Kier molecular flexibility index (Phi) is 7.57. The van der Waals surface area contributed by atoms with Crippen LogP contribution < -0.4 is 14.8 Å². The van der Waals surface area contributed by atoms with Crippen molar-refractivity contribution in [2.75, 3.05) is 46.9 Å². The zero-order valence-corrected chi connectivity index (χ0v) is 18.7. The van der Waals surface area contributed by atoms with Gasteiger partial charge in [0, 0.05) is 44.8 Å². The van der Waals surface area contributed by atoms with Crippen molar-refractivity contribution >= 4 is 5.96 Å². The van der Waals surface area contributed by atoms with E-state index in [-0.39, 0.29) is 0 Å². The number of aliphatic imine (C=N–C) groups is 1. The predicted octanol–water partition coefficient (Wildman–Crippen LogP) is 2.59. The van der Waals surface area contributed by atoms with Crippen molar-refractivity contribution in [2.24, 2.45) is 4.99 Å². The van der Waals surface area contributed by atoms with E-state index < -0.39 is 0 Å². The smallest absolute Gasteiger partial charge is 0.216 e. The van der Waals surface area contributed by atoms with Gasteiger partial charge in [-0.25, -0.2) is 9.98 Å². The van der Waals surface area contributed by atoms with Crippen molar-refractivity contribution in [1.29, 1.82) is 0 Å². The fraction of sp³-hybridized carbons (Fsp3) is 0.545. The van der Waals surface area contributed by atoms with Crippen LogP contribution in [0, 0.1) is 13.8 Å². The highest BCUT2D eigenvalue weighted by atomic mass is 16.5. The minimum Gasteiger partial charge on any atom is -0.497 e. The molecule has 8 heteroatoms. The van der Waals surface area contributed by atoms with Gasteiger partial charge in [-0.3, -0.25) is 4.90 Å². The zero-order valence-electron chi connectivity index (χ0n) is 18.7. The van der Waals surface area contributed by atoms with E-state index in [0.29, 0.717) is 12.4 Å². The lowest BCUT2D eigenvalue weighted by atomic mass is 10.1. The molecule has 0 aliphatic carbocycles. The third-order valence-corrected chi connectivity index (χ3v) is 5.33. The number of rotatable bonds is 7. The molecule has 0 saturated carbocycles. The van der Waals surface area contributed by atoms with Crippen LogP contribution in [0.1, 0.15) is 29.8 Å². The number of ether oxygens (including phenoxy) is 2. The highest BCUT2D eigenvalue weighted by Gasteiger charge is 2.21. The summed E-state index contributed by atoms with van der Waals surface area (Å²) < 4.78 is 16.6. The van der Waals surface area contributed by atoms with Gasteiger partial charge in [-0.05, 0) is 39.0 Å². The van der Waals surface area contributed by atoms with Gasteiger partial charge in [0.1, 0.15) is 23.8 Å². The molecule has 164 valence electrons. The average molecular weight is 416 g/mol. The molecule has 1 N–H and O–H groups in total. The first-order chi connectivity index (χ1) is 14.5. The Bertz CT molecular complexity index is 837. The molecule has 0 unspecified atom stereocenters.